The maximum atomic E-state index is 10.6. The summed E-state index contributed by atoms with van der Waals surface area (Å²) in [6.07, 6.45) is 4.16. The highest BCUT2D eigenvalue weighted by Crippen LogP contribution is 2.37. The van der Waals surface area contributed by atoms with Crippen molar-refractivity contribution in [2.75, 3.05) is 26.3 Å². The topological polar surface area (TPSA) is 59.0 Å². The first-order valence-electron chi connectivity index (χ1n) is 6.89. The van der Waals surface area contributed by atoms with E-state index in [0.29, 0.717) is 25.8 Å². The molecule has 5 nitrogen and oxygen atoms in total. The molecule has 0 aromatic carbocycles. The van der Waals surface area contributed by atoms with E-state index in [4.69, 9.17) is 14.6 Å². The molecule has 0 aromatic rings. The fourth-order valence-corrected chi connectivity index (χ4v) is 3.03. The molecule has 1 spiro atoms. The summed E-state index contributed by atoms with van der Waals surface area (Å²) in [5.74, 6) is -1.04. The number of hydrogen-bond acceptors (Lipinski definition) is 4. The van der Waals surface area contributed by atoms with Crippen molar-refractivity contribution in [2.45, 2.75) is 50.9 Å². The first kappa shape index (κ1) is 13.8. The predicted octanol–water partition coefficient (Wildman–Crippen LogP) is 1.47. The second-order valence-electron chi connectivity index (χ2n) is 5.11. The van der Waals surface area contributed by atoms with Gasteiger partial charge in [0.05, 0.1) is 19.6 Å². The van der Waals surface area contributed by atoms with Crippen LogP contribution in [0.5, 0.6) is 0 Å². The van der Waals surface area contributed by atoms with Crippen molar-refractivity contribution in [1.82, 2.24) is 4.90 Å². The molecule has 0 aromatic heterocycles. The fourth-order valence-electron chi connectivity index (χ4n) is 3.03. The molecule has 0 bridgehead atoms. The van der Waals surface area contributed by atoms with Gasteiger partial charge in [-0.2, -0.15) is 0 Å². The van der Waals surface area contributed by atoms with Gasteiger partial charge in [0, 0.05) is 25.4 Å². The monoisotopic (exact) mass is 257 g/mol. The Kier molecular flexibility index (Phi) is 4.59. The number of hydrogen-bond donors (Lipinski definition) is 1. The molecule has 2 aliphatic rings. The van der Waals surface area contributed by atoms with Gasteiger partial charge in [0.1, 0.15) is 0 Å². The maximum Gasteiger partial charge on any atom is 0.304 e. The van der Waals surface area contributed by atoms with Crippen molar-refractivity contribution < 1.29 is 19.4 Å². The van der Waals surface area contributed by atoms with Crippen molar-refractivity contribution in [3.8, 4) is 0 Å². The zero-order valence-electron chi connectivity index (χ0n) is 11.1. The summed E-state index contributed by atoms with van der Waals surface area (Å²) < 4.78 is 11.4. The lowest BCUT2D eigenvalue weighted by Crippen LogP contribution is -2.44. The molecular formula is C13H23NO4. The molecule has 1 aliphatic carbocycles. The number of rotatable bonds is 5. The molecule has 18 heavy (non-hydrogen) atoms. The van der Waals surface area contributed by atoms with E-state index in [1.165, 1.54) is 0 Å². The van der Waals surface area contributed by atoms with Gasteiger partial charge in [0.25, 0.3) is 0 Å². The first-order valence-corrected chi connectivity index (χ1v) is 6.89. The summed E-state index contributed by atoms with van der Waals surface area (Å²) in [5, 5.41) is 8.76. The fraction of sp³-hybridized carbons (Fsp3) is 0.923. The lowest BCUT2D eigenvalue weighted by Gasteiger charge is -2.40. The van der Waals surface area contributed by atoms with Crippen molar-refractivity contribution in [2.24, 2.45) is 0 Å². The lowest BCUT2D eigenvalue weighted by atomic mass is 9.89. The molecule has 2 rings (SSSR count). The van der Waals surface area contributed by atoms with Gasteiger partial charge in [-0.15, -0.1) is 0 Å². The Morgan fingerprint density at radius 2 is 1.94 bits per heavy atom. The van der Waals surface area contributed by atoms with Gasteiger partial charge >= 0.3 is 5.97 Å². The van der Waals surface area contributed by atoms with Crippen LogP contribution in [-0.2, 0) is 14.3 Å². The average Bonchev–Trinajstić information content (AvgIpc) is 2.80. The van der Waals surface area contributed by atoms with Crippen molar-refractivity contribution >= 4 is 5.97 Å². The summed E-state index contributed by atoms with van der Waals surface area (Å²) in [4.78, 5) is 12.9. The van der Waals surface area contributed by atoms with Crippen molar-refractivity contribution in [3.05, 3.63) is 0 Å². The van der Waals surface area contributed by atoms with Crippen molar-refractivity contribution in [3.63, 3.8) is 0 Å². The molecule has 0 amide bonds. The van der Waals surface area contributed by atoms with Crippen LogP contribution in [0.15, 0.2) is 0 Å². The molecule has 0 unspecified atom stereocenters. The van der Waals surface area contributed by atoms with Crippen LogP contribution in [0.1, 0.15) is 39.0 Å². The Morgan fingerprint density at radius 1 is 1.33 bits per heavy atom. The van der Waals surface area contributed by atoms with Gasteiger partial charge in [0.15, 0.2) is 5.79 Å². The molecule has 0 atom stereocenters. The second-order valence-corrected chi connectivity index (χ2v) is 5.11. The number of carboxylic acids is 1. The average molecular weight is 257 g/mol. The predicted molar refractivity (Wildman–Crippen MR) is 66.4 cm³/mol. The Hall–Kier alpha value is -0.650. The summed E-state index contributed by atoms with van der Waals surface area (Å²) in [6.45, 7) is 5.06. The molecule has 1 saturated carbocycles. The minimum Gasteiger partial charge on any atom is -0.481 e. The van der Waals surface area contributed by atoms with Gasteiger partial charge in [-0.25, -0.2) is 0 Å². The van der Waals surface area contributed by atoms with Crippen LogP contribution in [-0.4, -0.2) is 54.1 Å². The quantitative estimate of drug-likeness (QED) is 0.808. The molecule has 1 aliphatic heterocycles. The number of carboxylic acid groups (broad SMARTS) is 1. The van der Waals surface area contributed by atoms with E-state index in [9.17, 15) is 4.79 Å². The third kappa shape index (κ3) is 3.22. The molecule has 0 radical (unpaired) electrons. The van der Waals surface area contributed by atoms with Gasteiger partial charge in [0.2, 0.25) is 0 Å². The number of ether oxygens (including phenoxy) is 2. The standard InChI is InChI=1S/C13H23NO4/c1-2-14(8-5-12(15)16)11-3-6-13(7-4-11)17-9-10-18-13/h11H,2-10H2,1H3,(H,15,16). The molecular weight excluding hydrogens is 234 g/mol. The van der Waals surface area contributed by atoms with Crippen LogP contribution in [0.3, 0.4) is 0 Å². The zero-order valence-corrected chi connectivity index (χ0v) is 11.1. The highest BCUT2D eigenvalue weighted by atomic mass is 16.7. The zero-order chi connectivity index (χ0) is 13.0. The van der Waals surface area contributed by atoms with E-state index >= 15 is 0 Å². The lowest BCUT2D eigenvalue weighted by molar-refractivity contribution is -0.184. The third-order valence-electron chi connectivity index (χ3n) is 4.07. The van der Waals surface area contributed by atoms with Crippen LogP contribution in [0.25, 0.3) is 0 Å². The van der Waals surface area contributed by atoms with Crippen LogP contribution >= 0.6 is 0 Å². The molecule has 1 heterocycles. The number of carbonyl (C=O) groups is 1. The van der Waals surface area contributed by atoms with Gasteiger partial charge < -0.3 is 19.5 Å². The minimum atomic E-state index is -0.719. The summed E-state index contributed by atoms with van der Waals surface area (Å²) in [6, 6.07) is 0.479. The van der Waals surface area contributed by atoms with Crippen LogP contribution in [0.4, 0.5) is 0 Å². The summed E-state index contributed by atoms with van der Waals surface area (Å²) >= 11 is 0. The van der Waals surface area contributed by atoms with Crippen LogP contribution in [0, 0.1) is 0 Å². The van der Waals surface area contributed by atoms with Gasteiger partial charge in [-0.3, -0.25) is 4.79 Å². The van der Waals surface area contributed by atoms with E-state index in [-0.39, 0.29) is 12.2 Å². The Bertz CT molecular complexity index is 279. The normalized spacial score (nSPS) is 23.9. The Balaban J connectivity index is 1.81. The van der Waals surface area contributed by atoms with E-state index in [0.717, 1.165) is 32.2 Å². The third-order valence-corrected chi connectivity index (χ3v) is 4.07. The largest absolute Gasteiger partial charge is 0.481 e. The SMILES string of the molecule is CCN(CCC(=O)O)C1CCC2(CC1)OCCO2. The number of nitrogens with zero attached hydrogens (tertiary/aromatic N) is 1. The minimum absolute atomic E-state index is 0.225. The molecule has 5 heteroatoms. The highest BCUT2D eigenvalue weighted by molar-refractivity contribution is 5.66. The van der Waals surface area contributed by atoms with E-state index in [1.54, 1.807) is 0 Å². The number of aliphatic carboxylic acids is 1. The van der Waals surface area contributed by atoms with E-state index in [1.807, 2.05) is 0 Å². The smallest absolute Gasteiger partial charge is 0.304 e. The van der Waals surface area contributed by atoms with Crippen molar-refractivity contribution in [1.29, 1.82) is 0 Å². The Labute approximate surface area is 108 Å². The van der Waals surface area contributed by atoms with Crippen LogP contribution < -0.4 is 0 Å². The maximum absolute atomic E-state index is 10.6. The van der Waals surface area contributed by atoms with Crippen LogP contribution in [0.2, 0.25) is 0 Å². The first-order chi connectivity index (χ1) is 8.65. The molecule has 104 valence electrons. The molecule has 1 saturated heterocycles. The Morgan fingerprint density at radius 3 is 2.44 bits per heavy atom. The highest BCUT2D eigenvalue weighted by Gasteiger charge is 2.41. The molecule has 1 N–H and O–H groups in total. The van der Waals surface area contributed by atoms with Gasteiger partial charge in [-0.1, -0.05) is 6.92 Å². The summed E-state index contributed by atoms with van der Waals surface area (Å²) in [7, 11) is 0. The van der Waals surface area contributed by atoms with Gasteiger partial charge in [-0.05, 0) is 19.4 Å². The summed E-state index contributed by atoms with van der Waals surface area (Å²) in [5.41, 5.74) is 0. The van der Waals surface area contributed by atoms with E-state index in [2.05, 4.69) is 11.8 Å². The van der Waals surface area contributed by atoms with E-state index < -0.39 is 5.97 Å². The molecule has 2 fully saturated rings. The second kappa shape index (κ2) is 5.99.